The molecule has 0 radical (unpaired) electrons. The first kappa shape index (κ1) is 20.5. The van der Waals surface area contributed by atoms with Gasteiger partial charge in [0.25, 0.3) is 0 Å². The van der Waals surface area contributed by atoms with Crippen LogP contribution >= 0.6 is 0 Å². The maximum Gasteiger partial charge on any atom is 0.303 e. The highest BCUT2D eigenvalue weighted by molar-refractivity contribution is 5.66. The minimum Gasteiger partial charge on any atom is -0.481 e. The largest absolute Gasteiger partial charge is 0.481 e. The van der Waals surface area contributed by atoms with Crippen molar-refractivity contribution in [3.05, 3.63) is 0 Å². The Bertz CT molecular complexity index is 269. The van der Waals surface area contributed by atoms with Gasteiger partial charge in [-0.05, 0) is 12.3 Å². The smallest absolute Gasteiger partial charge is 0.303 e. The first-order valence-electron chi connectivity index (χ1n) is 10.5. The van der Waals surface area contributed by atoms with Crippen LogP contribution in [0.1, 0.15) is 122 Å². The monoisotopic (exact) mass is 324 g/mol. The highest BCUT2D eigenvalue weighted by Gasteiger charge is 2.12. The highest BCUT2D eigenvalue weighted by Crippen LogP contribution is 2.28. The van der Waals surface area contributed by atoms with Gasteiger partial charge >= 0.3 is 5.97 Å². The normalized spacial score (nSPS) is 15.8. The third-order valence-corrected chi connectivity index (χ3v) is 5.48. The number of carboxylic acids is 1. The lowest BCUT2D eigenvalue weighted by Crippen LogP contribution is -2.05. The van der Waals surface area contributed by atoms with Crippen molar-refractivity contribution in [2.45, 2.75) is 122 Å². The zero-order valence-corrected chi connectivity index (χ0v) is 15.4. The molecular formula is C21H40O2. The van der Waals surface area contributed by atoms with Gasteiger partial charge in [0.15, 0.2) is 0 Å². The molecule has 0 amide bonds. The standard InChI is InChI=1S/C21H40O2/c22-21(23)19-15-10-8-6-4-2-1-3-5-7-9-12-16-20-17-13-11-14-18-20/h20H,1-19H2,(H,22,23). The van der Waals surface area contributed by atoms with Crippen LogP contribution in [0.2, 0.25) is 0 Å². The SMILES string of the molecule is O=C(O)CCCCCCCCCCCCCCC1CCCCC1. The Balaban J connectivity index is 1.69. The zero-order chi connectivity index (χ0) is 16.6. The van der Waals surface area contributed by atoms with Crippen LogP contribution < -0.4 is 0 Å². The molecule has 0 aromatic rings. The third-order valence-electron chi connectivity index (χ3n) is 5.48. The van der Waals surface area contributed by atoms with Crippen LogP contribution in [0, 0.1) is 5.92 Å². The second-order valence-corrected chi connectivity index (χ2v) is 7.68. The van der Waals surface area contributed by atoms with Crippen LogP contribution in [-0.4, -0.2) is 11.1 Å². The fourth-order valence-electron chi connectivity index (χ4n) is 3.95. The molecule has 1 fully saturated rings. The number of aliphatic carboxylic acids is 1. The molecule has 0 aliphatic heterocycles. The summed E-state index contributed by atoms with van der Waals surface area (Å²) in [6, 6.07) is 0. The van der Waals surface area contributed by atoms with Gasteiger partial charge in [0, 0.05) is 6.42 Å². The topological polar surface area (TPSA) is 37.3 Å². The minimum atomic E-state index is -0.649. The molecule has 1 rings (SSSR count). The summed E-state index contributed by atoms with van der Waals surface area (Å²) in [6.07, 6.45) is 25.1. The third kappa shape index (κ3) is 13.6. The van der Waals surface area contributed by atoms with Gasteiger partial charge < -0.3 is 5.11 Å². The zero-order valence-electron chi connectivity index (χ0n) is 15.4. The minimum absolute atomic E-state index is 0.348. The van der Waals surface area contributed by atoms with E-state index in [2.05, 4.69) is 0 Å². The van der Waals surface area contributed by atoms with E-state index >= 15 is 0 Å². The summed E-state index contributed by atoms with van der Waals surface area (Å²) in [6.45, 7) is 0. The van der Waals surface area contributed by atoms with Gasteiger partial charge in [0.2, 0.25) is 0 Å². The molecule has 23 heavy (non-hydrogen) atoms. The number of rotatable bonds is 15. The van der Waals surface area contributed by atoms with Crippen molar-refractivity contribution in [1.29, 1.82) is 0 Å². The van der Waals surface area contributed by atoms with Crippen LogP contribution in [0.3, 0.4) is 0 Å². The molecule has 0 aromatic carbocycles. The summed E-state index contributed by atoms with van der Waals surface area (Å²) < 4.78 is 0. The molecule has 1 aliphatic carbocycles. The molecule has 0 bridgehead atoms. The van der Waals surface area contributed by atoms with E-state index in [0.29, 0.717) is 6.42 Å². The number of hydrogen-bond donors (Lipinski definition) is 1. The first-order valence-corrected chi connectivity index (χ1v) is 10.5. The second-order valence-electron chi connectivity index (χ2n) is 7.68. The first-order chi connectivity index (χ1) is 11.3. The number of unbranched alkanes of at least 4 members (excludes halogenated alkanes) is 11. The molecule has 2 nitrogen and oxygen atoms in total. The van der Waals surface area contributed by atoms with Gasteiger partial charge in [-0.1, -0.05) is 109 Å². The lowest BCUT2D eigenvalue weighted by atomic mass is 9.85. The molecule has 1 N–H and O–H groups in total. The van der Waals surface area contributed by atoms with E-state index in [0.717, 1.165) is 18.8 Å². The van der Waals surface area contributed by atoms with Crippen molar-refractivity contribution < 1.29 is 9.90 Å². The Morgan fingerprint density at radius 1 is 0.652 bits per heavy atom. The van der Waals surface area contributed by atoms with E-state index in [1.54, 1.807) is 0 Å². The summed E-state index contributed by atoms with van der Waals surface area (Å²) in [5.74, 6) is 0.419. The highest BCUT2D eigenvalue weighted by atomic mass is 16.4. The molecule has 0 atom stereocenters. The summed E-state index contributed by atoms with van der Waals surface area (Å²) in [4.78, 5) is 10.4. The fraction of sp³-hybridized carbons (Fsp3) is 0.952. The van der Waals surface area contributed by atoms with Gasteiger partial charge in [-0.15, -0.1) is 0 Å². The molecule has 0 aromatic heterocycles. The summed E-state index contributed by atoms with van der Waals surface area (Å²) in [5, 5.41) is 8.56. The lowest BCUT2D eigenvalue weighted by molar-refractivity contribution is -0.137. The van der Waals surface area contributed by atoms with Crippen LogP contribution in [0.5, 0.6) is 0 Å². The molecular weight excluding hydrogens is 284 g/mol. The number of carboxylic acid groups (broad SMARTS) is 1. The summed E-state index contributed by atoms with van der Waals surface area (Å²) in [5.41, 5.74) is 0. The van der Waals surface area contributed by atoms with Crippen LogP contribution in [0.4, 0.5) is 0 Å². The summed E-state index contributed by atoms with van der Waals surface area (Å²) in [7, 11) is 0. The molecule has 0 saturated heterocycles. The van der Waals surface area contributed by atoms with Crippen LogP contribution in [0.25, 0.3) is 0 Å². The van der Waals surface area contributed by atoms with Crippen molar-refractivity contribution in [3.8, 4) is 0 Å². The average molecular weight is 325 g/mol. The van der Waals surface area contributed by atoms with E-state index in [9.17, 15) is 4.79 Å². The number of hydrogen-bond acceptors (Lipinski definition) is 1. The van der Waals surface area contributed by atoms with E-state index in [-0.39, 0.29) is 0 Å². The molecule has 136 valence electrons. The Hall–Kier alpha value is -0.530. The predicted octanol–water partition coefficient (Wildman–Crippen LogP) is 7.11. The van der Waals surface area contributed by atoms with Crippen LogP contribution in [0.15, 0.2) is 0 Å². The van der Waals surface area contributed by atoms with E-state index in [1.165, 1.54) is 103 Å². The fourth-order valence-corrected chi connectivity index (χ4v) is 3.95. The van der Waals surface area contributed by atoms with Crippen molar-refractivity contribution in [3.63, 3.8) is 0 Å². The van der Waals surface area contributed by atoms with Gasteiger partial charge in [-0.3, -0.25) is 4.79 Å². The van der Waals surface area contributed by atoms with Crippen LogP contribution in [-0.2, 0) is 4.79 Å². The molecule has 0 heterocycles. The van der Waals surface area contributed by atoms with Crippen molar-refractivity contribution in [2.24, 2.45) is 5.92 Å². The molecule has 1 aliphatic rings. The second kappa shape index (κ2) is 15.0. The predicted molar refractivity (Wildman–Crippen MR) is 98.8 cm³/mol. The summed E-state index contributed by atoms with van der Waals surface area (Å²) >= 11 is 0. The van der Waals surface area contributed by atoms with Crippen molar-refractivity contribution in [2.75, 3.05) is 0 Å². The van der Waals surface area contributed by atoms with E-state index in [1.807, 2.05) is 0 Å². The lowest BCUT2D eigenvalue weighted by Gasteiger charge is -2.21. The quantitative estimate of drug-likeness (QED) is 0.326. The Kier molecular flexibility index (Phi) is 13.4. The molecule has 1 saturated carbocycles. The Labute approximate surface area is 144 Å². The van der Waals surface area contributed by atoms with Gasteiger partial charge in [-0.2, -0.15) is 0 Å². The van der Waals surface area contributed by atoms with Crippen molar-refractivity contribution >= 4 is 5.97 Å². The number of carbonyl (C=O) groups is 1. The van der Waals surface area contributed by atoms with E-state index in [4.69, 9.17) is 5.11 Å². The van der Waals surface area contributed by atoms with Crippen molar-refractivity contribution in [1.82, 2.24) is 0 Å². The molecule has 0 spiro atoms. The van der Waals surface area contributed by atoms with Gasteiger partial charge in [0.05, 0.1) is 0 Å². The Morgan fingerprint density at radius 3 is 1.57 bits per heavy atom. The van der Waals surface area contributed by atoms with Gasteiger partial charge in [-0.25, -0.2) is 0 Å². The molecule has 2 heteroatoms. The maximum absolute atomic E-state index is 10.4. The molecule has 0 unspecified atom stereocenters. The van der Waals surface area contributed by atoms with Gasteiger partial charge in [0.1, 0.15) is 0 Å². The van der Waals surface area contributed by atoms with E-state index < -0.39 is 5.97 Å². The maximum atomic E-state index is 10.4. The average Bonchev–Trinajstić information content (AvgIpc) is 2.56. The Morgan fingerprint density at radius 2 is 1.09 bits per heavy atom.